The maximum atomic E-state index is 14.5. The number of anilines is 3. The molecular formula is C17H21F3N6OS. The topological polar surface area (TPSA) is 105 Å². The molecule has 2 unspecified atom stereocenters. The van der Waals surface area contributed by atoms with Crippen molar-refractivity contribution < 1.29 is 18.0 Å². The first-order valence-electron chi connectivity index (χ1n) is 8.73. The third kappa shape index (κ3) is 4.20. The van der Waals surface area contributed by atoms with Gasteiger partial charge in [0.2, 0.25) is 0 Å². The molecule has 2 atom stereocenters. The van der Waals surface area contributed by atoms with Gasteiger partial charge >= 0.3 is 0 Å². The number of nitrogens with two attached hydrogens (primary N) is 1. The standard InChI is InChI=1S/C17H21F3N6OS/c1-8-6-12(28-26-8)24-15-9(14(21)27)7-10(18)16(25-15)23-11-4-3-5-17(19,20)13(11)22-2/h6-7,11,13,22H,3-5H2,1-2H3,(H2,21,27)(H2,23,24,25). The number of aromatic nitrogens is 2. The fraction of sp³-hybridized carbons (Fsp3) is 0.471. The average Bonchev–Trinajstić information content (AvgIpc) is 3.01. The van der Waals surface area contributed by atoms with Gasteiger partial charge in [-0.1, -0.05) is 0 Å². The fourth-order valence-corrected chi connectivity index (χ4v) is 3.99. The Kier molecular flexibility index (Phi) is 5.75. The van der Waals surface area contributed by atoms with Gasteiger partial charge in [0.1, 0.15) is 10.8 Å². The predicted octanol–water partition coefficient (Wildman–Crippen LogP) is 3.02. The number of carbonyl (C=O) groups is 1. The highest BCUT2D eigenvalue weighted by Gasteiger charge is 2.46. The Bertz CT molecular complexity index is 875. The molecule has 28 heavy (non-hydrogen) atoms. The van der Waals surface area contributed by atoms with E-state index in [0.717, 1.165) is 23.3 Å². The Morgan fingerprint density at radius 2 is 2.11 bits per heavy atom. The molecule has 1 aliphatic carbocycles. The maximum Gasteiger partial charge on any atom is 0.265 e. The summed E-state index contributed by atoms with van der Waals surface area (Å²) < 4.78 is 47.0. The Hall–Kier alpha value is -2.40. The number of carbonyl (C=O) groups excluding carboxylic acids is 1. The van der Waals surface area contributed by atoms with Gasteiger partial charge in [0, 0.05) is 12.5 Å². The summed E-state index contributed by atoms with van der Waals surface area (Å²) in [6, 6.07) is 0.780. The van der Waals surface area contributed by atoms with Gasteiger partial charge in [0.15, 0.2) is 11.6 Å². The molecule has 152 valence electrons. The second-order valence-electron chi connectivity index (χ2n) is 6.71. The molecule has 11 heteroatoms. The van der Waals surface area contributed by atoms with Crippen LogP contribution in [-0.4, -0.2) is 40.3 Å². The first-order valence-corrected chi connectivity index (χ1v) is 9.51. The van der Waals surface area contributed by atoms with Crippen LogP contribution in [0.1, 0.15) is 35.3 Å². The van der Waals surface area contributed by atoms with E-state index in [0.29, 0.717) is 17.8 Å². The van der Waals surface area contributed by atoms with Crippen molar-refractivity contribution >= 4 is 34.1 Å². The van der Waals surface area contributed by atoms with Crippen LogP contribution in [0, 0.1) is 12.7 Å². The molecule has 0 bridgehead atoms. The number of nitrogens with one attached hydrogen (secondary N) is 3. The third-order valence-corrected chi connectivity index (χ3v) is 5.42. The van der Waals surface area contributed by atoms with Crippen molar-refractivity contribution in [1.29, 1.82) is 0 Å². The van der Waals surface area contributed by atoms with Crippen LogP contribution in [0.4, 0.5) is 29.8 Å². The lowest BCUT2D eigenvalue weighted by atomic mass is 9.87. The molecular weight excluding hydrogens is 393 g/mol. The van der Waals surface area contributed by atoms with Crippen LogP contribution >= 0.6 is 11.5 Å². The zero-order valence-electron chi connectivity index (χ0n) is 15.4. The van der Waals surface area contributed by atoms with Gasteiger partial charge in [-0.15, -0.1) is 0 Å². The summed E-state index contributed by atoms with van der Waals surface area (Å²) in [6.45, 7) is 1.79. The number of rotatable bonds is 6. The van der Waals surface area contributed by atoms with Crippen LogP contribution in [0.2, 0.25) is 0 Å². The Balaban J connectivity index is 1.92. The molecule has 1 saturated carbocycles. The van der Waals surface area contributed by atoms with Crippen molar-refractivity contribution in [2.75, 3.05) is 17.7 Å². The summed E-state index contributed by atoms with van der Waals surface area (Å²) in [6.07, 6.45) is 0.496. The highest BCUT2D eigenvalue weighted by molar-refractivity contribution is 7.10. The van der Waals surface area contributed by atoms with Gasteiger partial charge in [-0.3, -0.25) is 4.79 Å². The summed E-state index contributed by atoms with van der Waals surface area (Å²) in [4.78, 5) is 15.8. The lowest BCUT2D eigenvalue weighted by Gasteiger charge is -2.38. The normalized spacial score (nSPS) is 21.3. The van der Waals surface area contributed by atoms with Gasteiger partial charge in [-0.25, -0.2) is 18.2 Å². The molecule has 1 fully saturated rings. The highest BCUT2D eigenvalue weighted by Crippen LogP contribution is 2.35. The molecule has 0 aromatic carbocycles. The number of alkyl halides is 2. The minimum Gasteiger partial charge on any atom is -0.365 e. The summed E-state index contributed by atoms with van der Waals surface area (Å²) >= 11 is 1.14. The Labute approximate surface area is 164 Å². The molecule has 2 heterocycles. The second-order valence-corrected chi connectivity index (χ2v) is 7.51. The third-order valence-electron chi connectivity index (χ3n) is 4.63. The smallest absolute Gasteiger partial charge is 0.265 e. The number of hydrogen-bond acceptors (Lipinski definition) is 7. The van der Waals surface area contributed by atoms with Crippen LogP contribution in [0.15, 0.2) is 12.1 Å². The van der Waals surface area contributed by atoms with E-state index in [9.17, 15) is 18.0 Å². The molecule has 0 aliphatic heterocycles. The van der Waals surface area contributed by atoms with E-state index >= 15 is 0 Å². The summed E-state index contributed by atoms with van der Waals surface area (Å²) in [5, 5.41) is 8.86. The molecule has 1 aliphatic rings. The minimum absolute atomic E-state index is 0.0311. The van der Waals surface area contributed by atoms with E-state index in [1.165, 1.54) is 7.05 Å². The van der Waals surface area contributed by atoms with Crippen LogP contribution in [0.5, 0.6) is 0 Å². The molecule has 2 aromatic rings. The zero-order chi connectivity index (χ0) is 20.5. The van der Waals surface area contributed by atoms with Crippen molar-refractivity contribution in [3.63, 3.8) is 0 Å². The van der Waals surface area contributed by atoms with Gasteiger partial charge in [-0.2, -0.15) is 4.37 Å². The van der Waals surface area contributed by atoms with Crippen molar-refractivity contribution in [3.8, 4) is 0 Å². The van der Waals surface area contributed by atoms with Crippen molar-refractivity contribution in [2.45, 2.75) is 44.2 Å². The van der Waals surface area contributed by atoms with Crippen LogP contribution in [0.25, 0.3) is 0 Å². The van der Waals surface area contributed by atoms with Gasteiger partial charge < -0.3 is 21.7 Å². The number of likely N-dealkylation sites (N-methyl/N-ethyl adjacent to an activating group) is 1. The van der Waals surface area contributed by atoms with E-state index in [1.807, 2.05) is 0 Å². The van der Waals surface area contributed by atoms with Crippen LogP contribution in [0.3, 0.4) is 0 Å². The Morgan fingerprint density at radius 1 is 1.36 bits per heavy atom. The SMILES string of the molecule is CNC1C(Nc2nc(Nc3cc(C)ns3)c(C(N)=O)cc2F)CCCC1(F)F. The molecule has 5 N–H and O–H groups in total. The summed E-state index contributed by atoms with van der Waals surface area (Å²) in [7, 11) is 1.44. The molecule has 0 spiro atoms. The van der Waals surface area contributed by atoms with Crippen molar-refractivity contribution in [2.24, 2.45) is 5.73 Å². The van der Waals surface area contributed by atoms with Crippen LogP contribution in [-0.2, 0) is 0 Å². The predicted molar refractivity (Wildman–Crippen MR) is 102 cm³/mol. The van der Waals surface area contributed by atoms with Gasteiger partial charge in [0.05, 0.1) is 17.3 Å². The van der Waals surface area contributed by atoms with Gasteiger partial charge in [-0.05, 0) is 50.5 Å². The Morgan fingerprint density at radius 3 is 2.71 bits per heavy atom. The number of pyridine rings is 1. The largest absolute Gasteiger partial charge is 0.365 e. The zero-order valence-corrected chi connectivity index (χ0v) is 16.2. The lowest BCUT2D eigenvalue weighted by molar-refractivity contribution is -0.0654. The molecule has 0 saturated heterocycles. The molecule has 3 rings (SSSR count). The number of aryl methyl sites for hydroxylation is 1. The summed E-state index contributed by atoms with van der Waals surface area (Å²) in [5.74, 6) is -4.82. The maximum absolute atomic E-state index is 14.5. The lowest BCUT2D eigenvalue weighted by Crippen LogP contribution is -2.56. The van der Waals surface area contributed by atoms with E-state index in [1.54, 1.807) is 13.0 Å². The number of amides is 1. The second kappa shape index (κ2) is 7.92. The molecule has 1 amide bonds. The van der Waals surface area contributed by atoms with E-state index in [-0.39, 0.29) is 23.6 Å². The minimum atomic E-state index is -2.92. The highest BCUT2D eigenvalue weighted by atomic mass is 32.1. The monoisotopic (exact) mass is 414 g/mol. The first-order chi connectivity index (χ1) is 13.2. The number of nitrogens with zero attached hydrogens (tertiary/aromatic N) is 2. The summed E-state index contributed by atoms with van der Waals surface area (Å²) in [5.41, 5.74) is 5.94. The van der Waals surface area contributed by atoms with E-state index < -0.39 is 29.7 Å². The van der Waals surface area contributed by atoms with Crippen molar-refractivity contribution in [3.05, 3.63) is 29.2 Å². The average molecular weight is 414 g/mol. The van der Waals surface area contributed by atoms with Gasteiger partial charge in [0.25, 0.3) is 11.8 Å². The first kappa shape index (κ1) is 20.3. The molecule has 7 nitrogen and oxygen atoms in total. The van der Waals surface area contributed by atoms with Crippen molar-refractivity contribution in [1.82, 2.24) is 14.7 Å². The number of primary amides is 1. The fourth-order valence-electron chi connectivity index (χ4n) is 3.33. The molecule has 0 radical (unpaired) electrons. The quantitative estimate of drug-likeness (QED) is 0.579. The number of halogens is 3. The molecule has 2 aromatic heterocycles. The number of hydrogen-bond donors (Lipinski definition) is 4. The van der Waals surface area contributed by atoms with E-state index in [2.05, 4.69) is 25.3 Å². The van der Waals surface area contributed by atoms with Crippen LogP contribution < -0.4 is 21.7 Å². The van der Waals surface area contributed by atoms with E-state index in [4.69, 9.17) is 5.73 Å².